The van der Waals surface area contributed by atoms with Crippen LogP contribution in [0.4, 0.5) is 4.79 Å². The molecule has 1 rings (SSSR count). The largest absolute Gasteiger partial charge is 0.480 e. The Morgan fingerprint density at radius 1 is 1.48 bits per heavy atom. The summed E-state index contributed by atoms with van der Waals surface area (Å²) in [7, 11) is 0. The number of nitrogens with zero attached hydrogens (tertiary/aromatic N) is 1. The normalized spacial score (nSPS) is 19.1. The number of carboxylic acid groups (broad SMARTS) is 1. The summed E-state index contributed by atoms with van der Waals surface area (Å²) >= 11 is 1.52. The average molecular weight is 318 g/mol. The number of hydrogen-bond donors (Lipinski definition) is 2. The van der Waals surface area contributed by atoms with Crippen LogP contribution in [0.25, 0.3) is 0 Å². The number of thioether (sulfide) groups is 1. The van der Waals surface area contributed by atoms with Gasteiger partial charge >= 0.3 is 18.0 Å². The summed E-state index contributed by atoms with van der Waals surface area (Å²) < 4.78 is 4.94. The van der Waals surface area contributed by atoms with Crippen molar-refractivity contribution in [1.82, 2.24) is 10.2 Å². The van der Waals surface area contributed by atoms with E-state index >= 15 is 0 Å². The second-order valence-corrected chi connectivity index (χ2v) is 5.71. The first kappa shape index (κ1) is 17.6. The van der Waals surface area contributed by atoms with Gasteiger partial charge in [0.2, 0.25) is 0 Å². The maximum absolute atomic E-state index is 12.2. The van der Waals surface area contributed by atoms with E-state index in [4.69, 9.17) is 9.84 Å². The minimum atomic E-state index is -1.07. The van der Waals surface area contributed by atoms with Crippen LogP contribution in [-0.4, -0.2) is 65.2 Å². The molecular weight excluding hydrogens is 296 g/mol. The monoisotopic (exact) mass is 318 g/mol. The first-order chi connectivity index (χ1) is 10.0. The number of carboxylic acids is 1. The molecule has 0 aromatic heterocycles. The summed E-state index contributed by atoms with van der Waals surface area (Å²) in [6.45, 7) is 2.40. The van der Waals surface area contributed by atoms with E-state index in [9.17, 15) is 14.4 Å². The van der Waals surface area contributed by atoms with Crippen LogP contribution in [0.15, 0.2) is 0 Å². The molecular formula is C13H22N2O5S. The van der Waals surface area contributed by atoms with Crippen LogP contribution in [0.1, 0.15) is 26.2 Å². The highest BCUT2D eigenvalue weighted by Gasteiger charge is 2.36. The molecule has 7 nitrogen and oxygen atoms in total. The summed E-state index contributed by atoms with van der Waals surface area (Å²) in [5, 5.41) is 11.6. The number of nitrogens with one attached hydrogen (secondary N) is 1. The number of likely N-dealkylation sites (tertiary alicyclic amines) is 1. The van der Waals surface area contributed by atoms with Crippen molar-refractivity contribution in [2.75, 3.05) is 25.2 Å². The van der Waals surface area contributed by atoms with Crippen molar-refractivity contribution in [3.8, 4) is 0 Å². The van der Waals surface area contributed by atoms with Gasteiger partial charge in [-0.1, -0.05) is 0 Å². The van der Waals surface area contributed by atoms with Gasteiger partial charge in [0.15, 0.2) is 0 Å². The molecule has 120 valence electrons. The fourth-order valence-electron chi connectivity index (χ4n) is 2.22. The summed E-state index contributed by atoms with van der Waals surface area (Å²) in [5.41, 5.74) is 0. The molecule has 0 saturated carbocycles. The highest BCUT2D eigenvalue weighted by atomic mass is 32.2. The third-order valence-electron chi connectivity index (χ3n) is 3.28. The van der Waals surface area contributed by atoms with Crippen LogP contribution < -0.4 is 5.32 Å². The molecule has 1 aliphatic rings. The Kier molecular flexibility index (Phi) is 7.35. The van der Waals surface area contributed by atoms with Gasteiger partial charge in [0, 0.05) is 6.54 Å². The van der Waals surface area contributed by atoms with Crippen LogP contribution in [-0.2, 0) is 14.3 Å². The van der Waals surface area contributed by atoms with E-state index in [1.165, 1.54) is 16.7 Å². The quantitative estimate of drug-likeness (QED) is 0.678. The Labute approximate surface area is 128 Å². The van der Waals surface area contributed by atoms with Crippen molar-refractivity contribution in [2.45, 2.75) is 38.3 Å². The second-order valence-electron chi connectivity index (χ2n) is 4.73. The van der Waals surface area contributed by atoms with Gasteiger partial charge in [-0.05, 0) is 38.2 Å². The van der Waals surface area contributed by atoms with Crippen LogP contribution in [0.2, 0.25) is 0 Å². The van der Waals surface area contributed by atoms with E-state index in [-0.39, 0.29) is 6.61 Å². The van der Waals surface area contributed by atoms with E-state index in [1.807, 2.05) is 6.26 Å². The van der Waals surface area contributed by atoms with Crippen LogP contribution in [0.3, 0.4) is 0 Å². The van der Waals surface area contributed by atoms with Crippen molar-refractivity contribution < 1.29 is 24.2 Å². The lowest BCUT2D eigenvalue weighted by molar-refractivity contribution is -0.147. The van der Waals surface area contributed by atoms with Gasteiger partial charge in [-0.2, -0.15) is 11.8 Å². The fourth-order valence-corrected chi connectivity index (χ4v) is 2.69. The smallest absolute Gasteiger partial charge is 0.328 e. The lowest BCUT2D eigenvalue weighted by Crippen LogP contribution is -2.51. The number of amides is 2. The number of carbonyl (C=O) groups is 3. The number of ether oxygens (including phenoxy) is 1. The average Bonchev–Trinajstić information content (AvgIpc) is 2.92. The molecule has 1 unspecified atom stereocenters. The molecule has 0 bridgehead atoms. The Balaban J connectivity index is 2.63. The van der Waals surface area contributed by atoms with Gasteiger partial charge in [-0.3, -0.25) is 0 Å². The van der Waals surface area contributed by atoms with Crippen LogP contribution >= 0.6 is 11.8 Å². The summed E-state index contributed by atoms with van der Waals surface area (Å²) in [6.07, 6.45) is 3.48. The molecule has 21 heavy (non-hydrogen) atoms. The molecule has 1 heterocycles. The van der Waals surface area contributed by atoms with E-state index in [0.717, 1.165) is 0 Å². The summed E-state index contributed by atoms with van der Waals surface area (Å²) in [6, 6.07) is -2.06. The fraction of sp³-hybridized carbons (Fsp3) is 0.769. The highest BCUT2D eigenvalue weighted by Crippen LogP contribution is 2.19. The Morgan fingerprint density at radius 2 is 2.19 bits per heavy atom. The lowest BCUT2D eigenvalue weighted by atomic mass is 10.2. The molecule has 2 N–H and O–H groups in total. The minimum Gasteiger partial charge on any atom is -0.480 e. The molecule has 0 aromatic carbocycles. The van der Waals surface area contributed by atoms with Gasteiger partial charge < -0.3 is 20.1 Å². The molecule has 0 spiro atoms. The van der Waals surface area contributed by atoms with E-state index < -0.39 is 30.1 Å². The number of aliphatic carboxylic acids is 1. The van der Waals surface area contributed by atoms with E-state index in [1.54, 1.807) is 6.92 Å². The third-order valence-corrected chi connectivity index (χ3v) is 3.92. The maximum Gasteiger partial charge on any atom is 0.328 e. The zero-order chi connectivity index (χ0) is 15.8. The Hall–Kier alpha value is -1.44. The Bertz CT molecular complexity index is 391. The van der Waals surface area contributed by atoms with E-state index in [0.29, 0.717) is 31.6 Å². The standard InChI is InChI=1S/C13H22N2O5S/c1-3-20-12(18)10-5-4-7-15(10)13(19)14-9(11(16)17)6-8-21-2/h9-10H,3-8H2,1-2H3,(H,14,19)(H,16,17)/t9-,10?/m0/s1. The van der Waals surface area contributed by atoms with Crippen LogP contribution in [0.5, 0.6) is 0 Å². The number of rotatable bonds is 7. The first-order valence-electron chi connectivity index (χ1n) is 6.96. The molecule has 1 saturated heterocycles. The Morgan fingerprint density at radius 3 is 2.76 bits per heavy atom. The number of carbonyl (C=O) groups excluding carboxylic acids is 2. The van der Waals surface area contributed by atoms with Gasteiger partial charge in [0.25, 0.3) is 0 Å². The predicted octanol–water partition coefficient (Wildman–Crippen LogP) is 0.930. The third kappa shape index (κ3) is 5.11. The van der Waals surface area contributed by atoms with Crippen molar-refractivity contribution in [3.05, 3.63) is 0 Å². The maximum atomic E-state index is 12.2. The predicted molar refractivity (Wildman–Crippen MR) is 79.3 cm³/mol. The molecule has 2 atom stereocenters. The minimum absolute atomic E-state index is 0.260. The van der Waals surface area contributed by atoms with Gasteiger partial charge in [-0.15, -0.1) is 0 Å². The number of hydrogen-bond acceptors (Lipinski definition) is 5. The lowest BCUT2D eigenvalue weighted by Gasteiger charge is -2.25. The zero-order valence-corrected chi connectivity index (χ0v) is 13.1. The van der Waals surface area contributed by atoms with Crippen molar-refractivity contribution in [3.63, 3.8) is 0 Å². The van der Waals surface area contributed by atoms with Gasteiger partial charge in [-0.25, -0.2) is 14.4 Å². The zero-order valence-electron chi connectivity index (χ0n) is 12.3. The second kappa shape index (κ2) is 8.76. The molecule has 0 aromatic rings. The molecule has 2 amide bonds. The van der Waals surface area contributed by atoms with Gasteiger partial charge in [0.05, 0.1) is 6.61 Å². The summed E-state index contributed by atoms with van der Waals surface area (Å²) in [5.74, 6) is -0.858. The van der Waals surface area contributed by atoms with Crippen molar-refractivity contribution in [2.24, 2.45) is 0 Å². The first-order valence-corrected chi connectivity index (χ1v) is 8.36. The molecule has 1 aliphatic heterocycles. The van der Waals surface area contributed by atoms with E-state index in [2.05, 4.69) is 5.32 Å². The van der Waals surface area contributed by atoms with Crippen molar-refractivity contribution in [1.29, 1.82) is 0 Å². The molecule has 8 heteroatoms. The summed E-state index contributed by atoms with van der Waals surface area (Å²) in [4.78, 5) is 36.5. The van der Waals surface area contributed by atoms with Crippen LogP contribution in [0, 0.1) is 0 Å². The number of esters is 1. The molecule has 0 radical (unpaired) electrons. The topological polar surface area (TPSA) is 95.9 Å². The molecule has 1 fully saturated rings. The molecule has 0 aliphatic carbocycles. The SMILES string of the molecule is CCOC(=O)C1CCCN1C(=O)N[C@@H](CCSC)C(=O)O. The number of urea groups is 1. The van der Waals surface area contributed by atoms with Crippen molar-refractivity contribution >= 4 is 29.7 Å². The highest BCUT2D eigenvalue weighted by molar-refractivity contribution is 7.98. The van der Waals surface area contributed by atoms with Gasteiger partial charge in [0.1, 0.15) is 12.1 Å².